The van der Waals surface area contributed by atoms with Gasteiger partial charge in [-0.2, -0.15) is 0 Å². The Balaban J connectivity index is 1.95. The summed E-state index contributed by atoms with van der Waals surface area (Å²) in [4.78, 5) is 25.1. The predicted molar refractivity (Wildman–Crippen MR) is 180 cm³/mol. The first-order valence-electron chi connectivity index (χ1n) is 18.6. The van der Waals surface area contributed by atoms with Gasteiger partial charge in [0, 0.05) is 12.8 Å². The lowest BCUT2D eigenvalue weighted by atomic mass is 9.99. The van der Waals surface area contributed by atoms with E-state index in [1.54, 1.807) is 0 Å². The molecule has 2 heterocycles. The predicted octanol–water partition coefficient (Wildman–Crippen LogP) is 3.32. The van der Waals surface area contributed by atoms with Crippen molar-refractivity contribution in [1.82, 2.24) is 0 Å². The molecule has 0 bridgehead atoms. The summed E-state index contributed by atoms with van der Waals surface area (Å²) in [5.74, 6) is -3.43. The van der Waals surface area contributed by atoms with Crippen molar-refractivity contribution >= 4 is 11.9 Å². The van der Waals surface area contributed by atoms with E-state index in [-0.39, 0.29) is 12.8 Å². The second kappa shape index (κ2) is 24.5. The van der Waals surface area contributed by atoms with Crippen LogP contribution in [0.3, 0.4) is 0 Å². The van der Waals surface area contributed by atoms with Gasteiger partial charge >= 0.3 is 11.9 Å². The van der Waals surface area contributed by atoms with Crippen LogP contribution in [0.15, 0.2) is 12.2 Å². The zero-order valence-electron chi connectivity index (χ0n) is 29.7. The Bertz CT molecular complexity index is 931. The zero-order valence-corrected chi connectivity index (χ0v) is 29.7. The maximum absolute atomic E-state index is 12.7. The van der Waals surface area contributed by atoms with Crippen LogP contribution >= 0.6 is 0 Å². The molecule has 13 heteroatoms. The van der Waals surface area contributed by atoms with Crippen LogP contribution in [-0.2, 0) is 33.3 Å². The van der Waals surface area contributed by atoms with Crippen molar-refractivity contribution in [2.24, 2.45) is 0 Å². The van der Waals surface area contributed by atoms with Gasteiger partial charge in [0.05, 0.1) is 6.61 Å². The van der Waals surface area contributed by atoms with Gasteiger partial charge in [-0.3, -0.25) is 9.59 Å². The van der Waals surface area contributed by atoms with Crippen molar-refractivity contribution in [3.8, 4) is 0 Å². The highest BCUT2D eigenvalue weighted by molar-refractivity contribution is 5.69. The summed E-state index contributed by atoms with van der Waals surface area (Å²) in [5, 5.41) is 62.6. The molecule has 0 saturated carbocycles. The highest BCUT2D eigenvalue weighted by Gasteiger charge is 2.59. The molecule has 0 unspecified atom stereocenters. The van der Waals surface area contributed by atoms with Crippen molar-refractivity contribution in [2.75, 3.05) is 19.8 Å². The molecule has 0 aromatic heterocycles. The minimum absolute atomic E-state index is 0.0969. The van der Waals surface area contributed by atoms with E-state index in [1.165, 1.54) is 44.9 Å². The van der Waals surface area contributed by atoms with Crippen LogP contribution in [0.1, 0.15) is 129 Å². The lowest BCUT2D eigenvalue weighted by Gasteiger charge is -2.43. The van der Waals surface area contributed by atoms with Crippen LogP contribution in [-0.4, -0.2) is 117 Å². The SMILES string of the molecule is CCCCCC/C=C\CCCC(=O)OC[C@H]1O[C@@](COC(=O)CCCCCCCCCCC)(O[C@H]2O[C@H](CO)[C@@H](O)[C@H](O)[C@H]2O)[C@@H](O)[C@@H]1O. The number of unbranched alkanes of at least 4 members (excludes halogenated alkanes) is 13. The lowest BCUT2D eigenvalue weighted by molar-refractivity contribution is -0.383. The van der Waals surface area contributed by atoms with Crippen molar-refractivity contribution in [1.29, 1.82) is 0 Å². The van der Waals surface area contributed by atoms with Crippen molar-refractivity contribution in [3.63, 3.8) is 0 Å². The minimum Gasteiger partial charge on any atom is -0.463 e. The summed E-state index contributed by atoms with van der Waals surface area (Å²) in [5.41, 5.74) is 0. The van der Waals surface area contributed by atoms with Crippen LogP contribution in [0.5, 0.6) is 0 Å². The van der Waals surface area contributed by atoms with Gasteiger partial charge in [0.2, 0.25) is 5.79 Å². The van der Waals surface area contributed by atoms with E-state index in [4.69, 9.17) is 23.7 Å². The number of ether oxygens (including phenoxy) is 5. The third-order valence-electron chi connectivity index (χ3n) is 9.14. The summed E-state index contributed by atoms with van der Waals surface area (Å²) in [6, 6.07) is 0. The third kappa shape index (κ3) is 15.2. The molecule has 2 aliphatic heterocycles. The molecule has 9 atom stereocenters. The Hall–Kier alpha value is -1.68. The summed E-state index contributed by atoms with van der Waals surface area (Å²) in [7, 11) is 0. The Labute approximate surface area is 291 Å². The van der Waals surface area contributed by atoms with Crippen molar-refractivity contribution < 1.29 is 63.9 Å². The molecule has 2 saturated heterocycles. The summed E-state index contributed by atoms with van der Waals surface area (Å²) in [6.45, 7) is 2.44. The largest absolute Gasteiger partial charge is 0.463 e. The summed E-state index contributed by atoms with van der Waals surface area (Å²) >= 11 is 0. The van der Waals surface area contributed by atoms with E-state index < -0.39 is 86.6 Å². The van der Waals surface area contributed by atoms with Gasteiger partial charge in [-0.15, -0.1) is 0 Å². The number of allylic oxidation sites excluding steroid dienone is 2. The van der Waals surface area contributed by atoms with Gasteiger partial charge in [0.1, 0.15) is 55.9 Å². The lowest BCUT2D eigenvalue weighted by Crippen LogP contribution is -2.62. The quantitative estimate of drug-likeness (QED) is 0.0436. The smallest absolute Gasteiger partial charge is 0.305 e. The Morgan fingerprint density at radius 3 is 1.84 bits per heavy atom. The number of esters is 2. The Morgan fingerprint density at radius 1 is 0.653 bits per heavy atom. The molecule has 0 aromatic rings. The van der Waals surface area contributed by atoms with Crippen LogP contribution < -0.4 is 0 Å². The average Bonchev–Trinajstić information content (AvgIpc) is 3.33. The monoisotopic (exact) mass is 704 g/mol. The van der Waals surface area contributed by atoms with Gasteiger partial charge in [-0.25, -0.2) is 0 Å². The number of carbonyl (C=O) groups excluding carboxylic acids is 2. The standard InChI is InChI=1S/C36H64O13/c1-3-5-7-9-11-13-15-17-19-21-28(38)45-24-27-31(41)34(44)36(48-27,49-35-33(43)32(42)30(40)26(23-37)47-35)25-46-29(39)22-20-18-16-14-12-10-8-6-4-2/h13,15,26-27,30-35,37,40-44H,3-12,14,16-25H2,1-2H3/b15-13-/t26-,27-,30-,31-,32+,33-,34+,35-,36+/m1/s1. The van der Waals surface area contributed by atoms with Gasteiger partial charge in [0.25, 0.3) is 0 Å². The number of hydrogen-bond donors (Lipinski definition) is 6. The molecule has 2 aliphatic rings. The van der Waals surface area contributed by atoms with Gasteiger partial charge < -0.3 is 54.3 Å². The van der Waals surface area contributed by atoms with E-state index in [9.17, 15) is 40.2 Å². The number of carbonyl (C=O) groups is 2. The first-order valence-corrected chi connectivity index (χ1v) is 18.6. The zero-order chi connectivity index (χ0) is 36.1. The van der Waals surface area contributed by atoms with E-state index in [2.05, 4.69) is 19.9 Å². The molecule has 0 aliphatic carbocycles. The molecule has 2 rings (SSSR count). The minimum atomic E-state index is -2.31. The molecule has 0 spiro atoms. The third-order valence-corrected chi connectivity index (χ3v) is 9.14. The first kappa shape index (κ1) is 43.5. The number of aliphatic hydroxyl groups excluding tert-OH is 6. The molecule has 0 amide bonds. The summed E-state index contributed by atoms with van der Waals surface area (Å²) in [6.07, 6.45) is 7.74. The van der Waals surface area contributed by atoms with E-state index in [0.717, 1.165) is 38.5 Å². The van der Waals surface area contributed by atoms with E-state index >= 15 is 0 Å². The Morgan fingerprint density at radius 2 is 1.20 bits per heavy atom. The molecule has 49 heavy (non-hydrogen) atoms. The average molecular weight is 705 g/mol. The second-order valence-corrected chi connectivity index (χ2v) is 13.4. The fourth-order valence-corrected chi connectivity index (χ4v) is 5.97. The van der Waals surface area contributed by atoms with Crippen LogP contribution in [0.25, 0.3) is 0 Å². The van der Waals surface area contributed by atoms with Crippen molar-refractivity contribution in [3.05, 3.63) is 12.2 Å². The van der Waals surface area contributed by atoms with E-state index in [1.807, 2.05) is 6.08 Å². The topological polar surface area (TPSA) is 202 Å². The highest BCUT2D eigenvalue weighted by Crippen LogP contribution is 2.37. The van der Waals surface area contributed by atoms with E-state index in [0.29, 0.717) is 19.3 Å². The number of rotatable bonds is 26. The second-order valence-electron chi connectivity index (χ2n) is 13.4. The van der Waals surface area contributed by atoms with Gasteiger partial charge in [-0.1, -0.05) is 96.6 Å². The molecule has 286 valence electrons. The number of hydrogen-bond acceptors (Lipinski definition) is 13. The van der Waals surface area contributed by atoms with Crippen LogP contribution in [0.2, 0.25) is 0 Å². The molecule has 0 aromatic carbocycles. The highest BCUT2D eigenvalue weighted by atomic mass is 16.8. The normalized spacial score (nSPS) is 30.2. The molecular formula is C36H64O13. The van der Waals surface area contributed by atoms with Crippen LogP contribution in [0.4, 0.5) is 0 Å². The maximum atomic E-state index is 12.7. The fourth-order valence-electron chi connectivity index (χ4n) is 5.97. The fraction of sp³-hybridized carbons (Fsp3) is 0.889. The molecule has 2 fully saturated rings. The molecule has 13 nitrogen and oxygen atoms in total. The van der Waals surface area contributed by atoms with Gasteiger partial charge in [0.15, 0.2) is 6.29 Å². The number of aliphatic hydroxyl groups is 6. The molecule has 6 N–H and O–H groups in total. The molecular weight excluding hydrogens is 640 g/mol. The maximum Gasteiger partial charge on any atom is 0.305 e. The van der Waals surface area contributed by atoms with Gasteiger partial charge in [-0.05, 0) is 32.1 Å². The Kier molecular flexibility index (Phi) is 21.7. The first-order chi connectivity index (χ1) is 23.6. The van der Waals surface area contributed by atoms with Crippen LogP contribution in [0, 0.1) is 0 Å². The summed E-state index contributed by atoms with van der Waals surface area (Å²) < 4.78 is 27.8. The van der Waals surface area contributed by atoms with Crippen molar-refractivity contribution in [2.45, 2.75) is 184 Å². The molecule has 0 radical (unpaired) electrons.